The van der Waals surface area contributed by atoms with Crippen LogP contribution in [0.1, 0.15) is 11.3 Å². The van der Waals surface area contributed by atoms with Crippen molar-refractivity contribution in [3.05, 3.63) is 47.7 Å². The molecule has 0 unspecified atom stereocenters. The quantitative estimate of drug-likeness (QED) is 0.308. The monoisotopic (exact) mass is 318 g/mol. The van der Waals surface area contributed by atoms with Crippen molar-refractivity contribution in [1.82, 2.24) is 15.4 Å². The number of rotatable bonds is 4. The average molecular weight is 318 g/mol. The van der Waals surface area contributed by atoms with E-state index < -0.39 is 0 Å². The van der Waals surface area contributed by atoms with E-state index in [1.807, 2.05) is 43.5 Å². The number of hydrazone groups is 1. The van der Waals surface area contributed by atoms with Gasteiger partial charge in [0.25, 0.3) is 0 Å². The first-order chi connectivity index (χ1) is 10.2. The number of nitrogens with one attached hydrogen (secondary N) is 1. The van der Waals surface area contributed by atoms with Gasteiger partial charge in [0.2, 0.25) is 0 Å². The van der Waals surface area contributed by atoms with Crippen LogP contribution in [-0.4, -0.2) is 27.7 Å². The van der Waals surface area contributed by atoms with Gasteiger partial charge in [-0.2, -0.15) is 5.10 Å². The van der Waals surface area contributed by atoms with Gasteiger partial charge in [-0.1, -0.05) is 42.1 Å². The van der Waals surface area contributed by atoms with Crippen molar-refractivity contribution in [3.63, 3.8) is 0 Å². The van der Waals surface area contributed by atoms with Crippen molar-refractivity contribution in [3.8, 4) is 0 Å². The van der Waals surface area contributed by atoms with Gasteiger partial charge >= 0.3 is 5.24 Å². The molecule has 0 radical (unpaired) electrons. The van der Waals surface area contributed by atoms with E-state index in [0.29, 0.717) is 10.2 Å². The van der Waals surface area contributed by atoms with E-state index in [1.54, 1.807) is 12.3 Å². The predicted molar refractivity (Wildman–Crippen MR) is 87.0 cm³/mol. The molecule has 0 fully saturated rings. The number of hydrogen-bond donors (Lipinski definition) is 1. The molecule has 21 heavy (non-hydrogen) atoms. The molecule has 2 rings (SSSR count). The zero-order valence-corrected chi connectivity index (χ0v) is 13.2. The minimum absolute atomic E-state index is 0.285. The highest BCUT2D eigenvalue weighted by Crippen LogP contribution is 2.19. The maximum absolute atomic E-state index is 11.8. The molecular weight excluding hydrogens is 304 g/mol. The van der Waals surface area contributed by atoms with Gasteiger partial charge < -0.3 is 0 Å². The Morgan fingerprint density at radius 2 is 2.05 bits per heavy atom. The van der Waals surface area contributed by atoms with Gasteiger partial charge in [0.05, 0.1) is 6.21 Å². The smallest absolute Gasteiger partial charge is 0.260 e. The van der Waals surface area contributed by atoms with Crippen LogP contribution in [0.3, 0.4) is 0 Å². The minimum atomic E-state index is -0.285. The highest BCUT2D eigenvalue weighted by Gasteiger charge is 2.07. The summed E-state index contributed by atoms with van der Waals surface area (Å²) in [5.41, 5.74) is 4.22. The van der Waals surface area contributed by atoms with Crippen LogP contribution in [-0.2, 0) is 0 Å². The second-order valence-electron chi connectivity index (χ2n) is 4.00. The summed E-state index contributed by atoms with van der Waals surface area (Å²) in [7, 11) is 0. The first-order valence-electron chi connectivity index (χ1n) is 6.13. The van der Waals surface area contributed by atoms with E-state index in [4.69, 9.17) is 0 Å². The summed E-state index contributed by atoms with van der Waals surface area (Å²) < 4.78 is 0. The molecule has 1 aromatic heterocycles. The summed E-state index contributed by atoms with van der Waals surface area (Å²) in [6, 6.07) is 11.3. The van der Waals surface area contributed by atoms with E-state index in [-0.39, 0.29) is 5.24 Å². The molecule has 7 heteroatoms. The lowest BCUT2D eigenvalue weighted by atomic mass is 10.2. The Hall–Kier alpha value is -1.86. The van der Waals surface area contributed by atoms with Crippen LogP contribution < -0.4 is 5.43 Å². The van der Waals surface area contributed by atoms with Crippen LogP contribution >= 0.6 is 23.5 Å². The van der Waals surface area contributed by atoms with Crippen LogP contribution in [0.5, 0.6) is 0 Å². The Morgan fingerprint density at radius 3 is 2.76 bits per heavy atom. The van der Waals surface area contributed by atoms with Crippen molar-refractivity contribution >= 4 is 35.0 Å². The molecule has 1 N–H and O–H groups in total. The first kappa shape index (κ1) is 15.5. The summed E-state index contributed by atoms with van der Waals surface area (Å²) in [5, 5.41) is 4.89. The summed E-state index contributed by atoms with van der Waals surface area (Å²) >= 11 is 2.44. The van der Waals surface area contributed by atoms with Gasteiger partial charge in [-0.15, -0.1) is 0 Å². The van der Waals surface area contributed by atoms with Gasteiger partial charge in [-0.25, -0.2) is 15.4 Å². The van der Waals surface area contributed by atoms with Crippen LogP contribution in [0.4, 0.5) is 4.79 Å². The molecule has 0 aliphatic carbocycles. The fraction of sp³-hybridized carbons (Fsp3) is 0.143. The third kappa shape index (κ3) is 5.20. The second kappa shape index (κ2) is 7.80. The zero-order chi connectivity index (χ0) is 15.1. The Kier molecular flexibility index (Phi) is 5.77. The topological polar surface area (TPSA) is 67.2 Å². The molecule has 1 aromatic carbocycles. The molecule has 0 saturated carbocycles. The van der Waals surface area contributed by atoms with E-state index in [0.717, 1.165) is 23.0 Å². The number of hydrogen-bond acceptors (Lipinski definition) is 6. The Balaban J connectivity index is 1.93. The van der Waals surface area contributed by atoms with Gasteiger partial charge in [0.15, 0.2) is 5.16 Å². The first-order valence-corrected chi connectivity index (χ1v) is 8.17. The molecule has 0 saturated heterocycles. The lowest BCUT2D eigenvalue weighted by molar-refractivity contribution is 0.261. The molecule has 0 aliphatic rings. The van der Waals surface area contributed by atoms with Crippen molar-refractivity contribution in [2.24, 2.45) is 5.10 Å². The summed E-state index contributed by atoms with van der Waals surface area (Å²) in [4.78, 5) is 20.3. The number of carbonyl (C=O) groups is 1. The number of nitrogens with zero attached hydrogens (tertiary/aromatic N) is 3. The third-order valence-electron chi connectivity index (χ3n) is 2.36. The van der Waals surface area contributed by atoms with Crippen molar-refractivity contribution in [2.45, 2.75) is 17.1 Å². The molecule has 0 bridgehead atoms. The maximum atomic E-state index is 11.8. The lowest BCUT2D eigenvalue weighted by Gasteiger charge is -2.02. The highest BCUT2D eigenvalue weighted by molar-refractivity contribution is 8.13. The van der Waals surface area contributed by atoms with Crippen LogP contribution in [0.2, 0.25) is 0 Å². The molecule has 108 valence electrons. The normalized spacial score (nSPS) is 10.8. The fourth-order valence-corrected chi connectivity index (χ4v) is 2.61. The highest BCUT2D eigenvalue weighted by atomic mass is 32.2. The standard InChI is InChI=1S/C14H14N4OS2/c1-10-8-12(17-13(16-10)20-2)21-14(19)18-15-9-11-6-4-3-5-7-11/h3-9H,1-2H3,(H,18,19). The van der Waals surface area contributed by atoms with E-state index in [1.165, 1.54) is 11.8 Å². The largest absolute Gasteiger partial charge is 0.305 e. The number of amides is 1. The van der Waals surface area contributed by atoms with Crippen LogP contribution in [0.25, 0.3) is 0 Å². The van der Waals surface area contributed by atoms with E-state index in [9.17, 15) is 4.79 Å². The molecule has 0 spiro atoms. The molecule has 1 amide bonds. The van der Waals surface area contributed by atoms with Crippen molar-refractivity contribution < 1.29 is 4.79 Å². The Bertz CT molecular complexity index is 647. The average Bonchev–Trinajstić information content (AvgIpc) is 2.47. The Labute approximate surface area is 131 Å². The van der Waals surface area contributed by atoms with Crippen molar-refractivity contribution in [1.29, 1.82) is 0 Å². The Morgan fingerprint density at radius 1 is 1.29 bits per heavy atom. The van der Waals surface area contributed by atoms with E-state index >= 15 is 0 Å². The second-order valence-corrected chi connectivity index (χ2v) is 5.77. The van der Waals surface area contributed by atoms with Crippen LogP contribution in [0.15, 0.2) is 51.7 Å². The molecular formula is C14H14N4OS2. The zero-order valence-electron chi connectivity index (χ0n) is 11.6. The molecule has 0 atom stereocenters. The SMILES string of the molecule is CSc1nc(C)cc(SC(=O)NN=Cc2ccccc2)n1. The van der Waals surface area contributed by atoms with Gasteiger partial charge in [-0.05, 0) is 36.6 Å². The number of thioether (sulfide) groups is 2. The molecule has 5 nitrogen and oxygen atoms in total. The van der Waals surface area contributed by atoms with Crippen molar-refractivity contribution in [2.75, 3.05) is 6.26 Å². The number of aromatic nitrogens is 2. The summed E-state index contributed by atoms with van der Waals surface area (Å²) in [6.45, 7) is 1.87. The molecule has 2 aromatic rings. The van der Waals surface area contributed by atoms with E-state index in [2.05, 4.69) is 20.5 Å². The molecule has 0 aliphatic heterocycles. The number of benzene rings is 1. The summed E-state index contributed by atoms with van der Waals surface area (Å²) in [6.07, 6.45) is 3.49. The number of carbonyl (C=O) groups excluding carboxylic acids is 1. The fourth-order valence-electron chi connectivity index (χ4n) is 1.47. The molecule has 1 heterocycles. The third-order valence-corrected chi connectivity index (χ3v) is 3.60. The van der Waals surface area contributed by atoms with Gasteiger partial charge in [0, 0.05) is 5.69 Å². The predicted octanol–water partition coefficient (Wildman–Crippen LogP) is 3.34. The van der Waals surface area contributed by atoms with Crippen LogP contribution in [0, 0.1) is 6.92 Å². The summed E-state index contributed by atoms with van der Waals surface area (Å²) in [5.74, 6) is 0. The minimum Gasteiger partial charge on any atom is -0.260 e. The van der Waals surface area contributed by atoms with Gasteiger partial charge in [0.1, 0.15) is 5.03 Å². The maximum Gasteiger partial charge on any atom is 0.305 e. The number of aryl methyl sites for hydroxylation is 1. The van der Waals surface area contributed by atoms with Gasteiger partial charge in [-0.3, -0.25) is 4.79 Å². The lowest BCUT2D eigenvalue weighted by Crippen LogP contribution is -2.11.